The zero-order valence-electron chi connectivity index (χ0n) is 14.6. The molecular weight excluding hydrogens is 360 g/mol. The van der Waals surface area contributed by atoms with Gasteiger partial charge in [0.1, 0.15) is 5.76 Å². The van der Waals surface area contributed by atoms with Gasteiger partial charge >= 0.3 is 0 Å². The van der Waals surface area contributed by atoms with Gasteiger partial charge in [-0.3, -0.25) is 9.59 Å². The Bertz CT molecular complexity index is 969. The van der Waals surface area contributed by atoms with E-state index in [4.69, 9.17) is 4.42 Å². The Hall–Kier alpha value is -2.99. The van der Waals surface area contributed by atoms with Crippen molar-refractivity contribution in [1.82, 2.24) is 5.32 Å². The number of amides is 2. The van der Waals surface area contributed by atoms with Crippen LogP contribution < -0.4 is 10.2 Å². The minimum Gasteiger partial charge on any atom is -0.467 e. The van der Waals surface area contributed by atoms with E-state index >= 15 is 0 Å². The van der Waals surface area contributed by atoms with E-state index < -0.39 is 0 Å². The lowest BCUT2D eigenvalue weighted by Crippen LogP contribution is -2.34. The Balaban J connectivity index is 1.49. The first kappa shape index (κ1) is 17.4. The summed E-state index contributed by atoms with van der Waals surface area (Å²) in [6.07, 6.45) is 1.58. The van der Waals surface area contributed by atoms with Gasteiger partial charge in [-0.15, -0.1) is 11.8 Å². The highest BCUT2D eigenvalue weighted by atomic mass is 32.2. The maximum atomic E-state index is 12.4. The molecule has 0 aliphatic carbocycles. The quantitative estimate of drug-likeness (QED) is 0.733. The van der Waals surface area contributed by atoms with Crippen LogP contribution in [0.4, 0.5) is 5.69 Å². The zero-order valence-corrected chi connectivity index (χ0v) is 15.4. The van der Waals surface area contributed by atoms with E-state index in [9.17, 15) is 9.59 Å². The van der Waals surface area contributed by atoms with Gasteiger partial charge in [-0.05, 0) is 42.0 Å². The number of carbonyl (C=O) groups is 2. The number of hydrogen-bond acceptors (Lipinski definition) is 4. The van der Waals surface area contributed by atoms with Crippen molar-refractivity contribution in [3.05, 3.63) is 83.8 Å². The molecule has 3 aromatic rings. The first-order chi connectivity index (χ1) is 13.2. The van der Waals surface area contributed by atoms with Crippen LogP contribution in [-0.2, 0) is 17.9 Å². The second kappa shape index (κ2) is 7.72. The number of rotatable bonds is 5. The second-order valence-corrected chi connectivity index (χ2v) is 7.22. The Labute approximate surface area is 161 Å². The average molecular weight is 378 g/mol. The van der Waals surface area contributed by atoms with Crippen molar-refractivity contribution < 1.29 is 14.0 Å². The van der Waals surface area contributed by atoms with E-state index in [2.05, 4.69) is 5.32 Å². The van der Waals surface area contributed by atoms with Crippen molar-refractivity contribution >= 4 is 29.3 Å². The highest BCUT2D eigenvalue weighted by Gasteiger charge is 2.24. The highest BCUT2D eigenvalue weighted by Crippen LogP contribution is 2.35. The zero-order chi connectivity index (χ0) is 18.6. The summed E-state index contributed by atoms with van der Waals surface area (Å²) in [5.41, 5.74) is 2.40. The molecule has 27 heavy (non-hydrogen) atoms. The summed E-state index contributed by atoms with van der Waals surface area (Å²) in [4.78, 5) is 27.7. The number of hydrogen-bond donors (Lipinski definition) is 1. The molecule has 0 spiro atoms. The molecule has 0 fully saturated rings. The predicted octanol–water partition coefficient (Wildman–Crippen LogP) is 3.85. The summed E-state index contributed by atoms with van der Waals surface area (Å²) in [6, 6.07) is 18.9. The van der Waals surface area contributed by atoms with Crippen LogP contribution in [0.25, 0.3) is 0 Å². The number of anilines is 1. The molecule has 2 heterocycles. The average Bonchev–Trinajstić information content (AvgIpc) is 3.22. The van der Waals surface area contributed by atoms with Gasteiger partial charge < -0.3 is 14.6 Å². The second-order valence-electron chi connectivity index (χ2n) is 6.20. The van der Waals surface area contributed by atoms with Crippen LogP contribution in [0.2, 0.25) is 0 Å². The van der Waals surface area contributed by atoms with Gasteiger partial charge in [0.15, 0.2) is 0 Å². The minimum absolute atomic E-state index is 0.0753. The number of carbonyl (C=O) groups excluding carboxylic acids is 2. The Kier molecular flexibility index (Phi) is 4.98. The molecule has 0 bridgehead atoms. The SMILES string of the molecule is O=C(NCc1ccco1)c1cccc(CN2C(=O)CSc3ccccc32)c1. The molecule has 5 nitrogen and oxygen atoms in total. The largest absolute Gasteiger partial charge is 0.467 e. The molecule has 2 amide bonds. The molecule has 1 N–H and O–H groups in total. The fourth-order valence-electron chi connectivity index (χ4n) is 3.00. The summed E-state index contributed by atoms with van der Waals surface area (Å²) in [7, 11) is 0. The van der Waals surface area contributed by atoms with Crippen molar-refractivity contribution in [2.75, 3.05) is 10.7 Å². The normalized spacial score (nSPS) is 13.3. The number of furan rings is 1. The molecule has 2 aromatic carbocycles. The first-order valence-corrected chi connectivity index (χ1v) is 9.61. The Morgan fingerprint density at radius 1 is 1.11 bits per heavy atom. The number of para-hydroxylation sites is 1. The molecule has 1 aliphatic heterocycles. The number of benzene rings is 2. The molecular formula is C21H18N2O3S. The molecule has 0 saturated carbocycles. The minimum atomic E-state index is -0.172. The molecule has 0 saturated heterocycles. The monoisotopic (exact) mass is 378 g/mol. The predicted molar refractivity (Wildman–Crippen MR) is 105 cm³/mol. The van der Waals surface area contributed by atoms with E-state index in [1.54, 1.807) is 35.1 Å². The standard InChI is InChI=1S/C21H18N2O3S/c24-20-14-27-19-9-2-1-8-18(19)23(20)13-15-5-3-6-16(11-15)21(25)22-12-17-7-4-10-26-17/h1-11H,12-14H2,(H,22,25). The number of fused-ring (bicyclic) bond motifs is 1. The maximum absolute atomic E-state index is 12.4. The molecule has 1 aromatic heterocycles. The van der Waals surface area contributed by atoms with Gasteiger partial charge in [0, 0.05) is 10.5 Å². The van der Waals surface area contributed by atoms with Gasteiger partial charge in [0.2, 0.25) is 5.91 Å². The summed E-state index contributed by atoms with van der Waals surface area (Å²) < 4.78 is 5.23. The third-order valence-corrected chi connectivity index (χ3v) is 5.39. The third-order valence-electron chi connectivity index (χ3n) is 4.34. The van der Waals surface area contributed by atoms with Crippen LogP contribution in [-0.4, -0.2) is 17.6 Å². The van der Waals surface area contributed by atoms with Gasteiger partial charge in [0.05, 0.1) is 30.8 Å². The van der Waals surface area contributed by atoms with Crippen LogP contribution in [0.1, 0.15) is 21.7 Å². The van der Waals surface area contributed by atoms with Crippen molar-refractivity contribution in [1.29, 1.82) is 0 Å². The lowest BCUT2D eigenvalue weighted by atomic mass is 10.1. The summed E-state index contributed by atoms with van der Waals surface area (Å²) in [5.74, 6) is 1.04. The lowest BCUT2D eigenvalue weighted by molar-refractivity contribution is -0.116. The van der Waals surface area contributed by atoms with Crippen LogP contribution in [0.5, 0.6) is 0 Å². The number of nitrogens with one attached hydrogen (secondary N) is 1. The van der Waals surface area contributed by atoms with Crippen LogP contribution in [0, 0.1) is 0 Å². The summed E-state index contributed by atoms with van der Waals surface area (Å²) >= 11 is 1.56. The van der Waals surface area contributed by atoms with Crippen LogP contribution in [0.15, 0.2) is 76.2 Å². The van der Waals surface area contributed by atoms with Crippen molar-refractivity contribution in [3.63, 3.8) is 0 Å². The van der Waals surface area contributed by atoms with Gasteiger partial charge in [0.25, 0.3) is 5.91 Å². The molecule has 136 valence electrons. The topological polar surface area (TPSA) is 62.6 Å². The fraction of sp³-hybridized carbons (Fsp3) is 0.143. The molecule has 1 aliphatic rings. The molecule has 0 unspecified atom stereocenters. The Morgan fingerprint density at radius 2 is 2.00 bits per heavy atom. The smallest absolute Gasteiger partial charge is 0.251 e. The summed E-state index contributed by atoms with van der Waals surface area (Å²) in [5, 5.41) is 2.84. The maximum Gasteiger partial charge on any atom is 0.251 e. The molecule has 0 atom stereocenters. The Morgan fingerprint density at radius 3 is 2.85 bits per heavy atom. The van der Waals surface area contributed by atoms with Crippen molar-refractivity contribution in [2.45, 2.75) is 18.0 Å². The fourth-order valence-corrected chi connectivity index (χ4v) is 3.94. The van der Waals surface area contributed by atoms with Crippen LogP contribution >= 0.6 is 11.8 Å². The van der Waals surface area contributed by atoms with Gasteiger partial charge in [-0.1, -0.05) is 24.3 Å². The van der Waals surface area contributed by atoms with E-state index in [1.165, 1.54) is 0 Å². The van der Waals surface area contributed by atoms with E-state index in [0.29, 0.717) is 30.2 Å². The summed E-state index contributed by atoms with van der Waals surface area (Å²) in [6.45, 7) is 0.779. The number of thioether (sulfide) groups is 1. The molecule has 0 radical (unpaired) electrons. The van der Waals surface area contributed by atoms with E-state index in [-0.39, 0.29) is 11.8 Å². The van der Waals surface area contributed by atoms with E-state index in [0.717, 1.165) is 16.1 Å². The van der Waals surface area contributed by atoms with Gasteiger partial charge in [-0.2, -0.15) is 0 Å². The van der Waals surface area contributed by atoms with Crippen molar-refractivity contribution in [3.8, 4) is 0 Å². The number of nitrogens with zero attached hydrogens (tertiary/aromatic N) is 1. The van der Waals surface area contributed by atoms with Crippen molar-refractivity contribution in [2.24, 2.45) is 0 Å². The van der Waals surface area contributed by atoms with E-state index in [1.807, 2.05) is 48.5 Å². The lowest BCUT2D eigenvalue weighted by Gasteiger charge is -2.29. The molecule has 6 heteroatoms. The van der Waals surface area contributed by atoms with Gasteiger partial charge in [-0.25, -0.2) is 0 Å². The highest BCUT2D eigenvalue weighted by molar-refractivity contribution is 8.00. The van der Waals surface area contributed by atoms with Crippen LogP contribution in [0.3, 0.4) is 0 Å². The first-order valence-electron chi connectivity index (χ1n) is 8.62. The molecule has 4 rings (SSSR count). The third kappa shape index (κ3) is 3.90.